The van der Waals surface area contributed by atoms with E-state index >= 15 is 0 Å². The number of benzene rings is 1. The monoisotopic (exact) mass is 278 g/mol. The van der Waals surface area contributed by atoms with Gasteiger partial charge in [0.05, 0.1) is 0 Å². The molecule has 0 aliphatic carbocycles. The third-order valence-corrected chi connectivity index (χ3v) is 2.35. The summed E-state index contributed by atoms with van der Waals surface area (Å²) in [6.45, 7) is 5.71. The molecule has 1 aromatic rings. The van der Waals surface area contributed by atoms with Crippen molar-refractivity contribution in [3.8, 4) is 5.75 Å². The Bertz CT molecular complexity index is 272. The van der Waals surface area contributed by atoms with Crippen molar-refractivity contribution in [2.45, 2.75) is 26.6 Å². The van der Waals surface area contributed by atoms with E-state index in [0.717, 1.165) is 5.75 Å². The van der Waals surface area contributed by atoms with E-state index in [1.807, 2.05) is 45.0 Å². The summed E-state index contributed by atoms with van der Waals surface area (Å²) in [6.07, 6.45) is 0. The zero-order valence-electron chi connectivity index (χ0n) is 8.71. The third-order valence-electron chi connectivity index (χ3n) is 1.57. The first-order chi connectivity index (χ1) is 6.03. The molecule has 1 atom stereocenters. The molecule has 1 unspecified atom stereocenters. The van der Waals surface area contributed by atoms with Crippen molar-refractivity contribution in [1.82, 2.24) is 0 Å². The molecule has 0 saturated carbocycles. The maximum absolute atomic E-state index is 5.54. The van der Waals surface area contributed by atoms with E-state index in [1.165, 1.54) is 5.56 Å². The van der Waals surface area contributed by atoms with E-state index < -0.39 is 5.79 Å². The van der Waals surface area contributed by atoms with Crippen LogP contribution in [0.3, 0.4) is 0 Å². The number of rotatable bonds is 3. The molecule has 80 valence electrons. The molecule has 0 bridgehead atoms. The van der Waals surface area contributed by atoms with E-state index in [9.17, 15) is 0 Å². The number of aryl methyl sites for hydroxylation is 1. The Labute approximate surface area is 97.1 Å². The first-order valence-electron chi connectivity index (χ1n) is 4.09. The molecular formula is C10H16BrO2P. The zero-order valence-corrected chi connectivity index (χ0v) is 11.7. The zero-order chi connectivity index (χ0) is 9.90. The largest absolute Gasteiger partial charge is 0.462 e. The molecule has 4 heteroatoms. The highest BCUT2D eigenvalue weighted by atomic mass is 79.9. The minimum atomic E-state index is -0.644. The van der Waals surface area contributed by atoms with Crippen LogP contribution in [0.1, 0.15) is 19.4 Å². The fourth-order valence-corrected chi connectivity index (χ4v) is 0.972. The Morgan fingerprint density at radius 1 is 1.14 bits per heavy atom. The second kappa shape index (κ2) is 5.69. The normalized spacial score (nSPS) is 10.6. The molecule has 0 amide bonds. The molecule has 0 aliphatic heterocycles. The highest BCUT2D eigenvalue weighted by molar-refractivity contribution is 9.06. The fraction of sp³-hybridized carbons (Fsp3) is 0.400. The summed E-state index contributed by atoms with van der Waals surface area (Å²) in [4.78, 5) is 0. The van der Waals surface area contributed by atoms with Gasteiger partial charge in [0.1, 0.15) is 22.0 Å². The summed E-state index contributed by atoms with van der Waals surface area (Å²) >= 11 is 2.92. The standard InChI is InChI=1S/C10H13BrO2.H3P/c1-8-4-6-9(7-5-8)12-10(2,3)13-11;/h4-7H,1-3H3;1H3. The van der Waals surface area contributed by atoms with Gasteiger partial charge in [0.15, 0.2) is 0 Å². The van der Waals surface area contributed by atoms with Gasteiger partial charge in [0, 0.05) is 13.8 Å². The number of hydrogen-bond donors (Lipinski definition) is 0. The summed E-state index contributed by atoms with van der Waals surface area (Å²) in [5.41, 5.74) is 1.21. The van der Waals surface area contributed by atoms with Crippen LogP contribution in [-0.4, -0.2) is 5.79 Å². The van der Waals surface area contributed by atoms with Crippen molar-refractivity contribution in [3.63, 3.8) is 0 Å². The molecule has 14 heavy (non-hydrogen) atoms. The van der Waals surface area contributed by atoms with Crippen molar-refractivity contribution < 1.29 is 8.57 Å². The van der Waals surface area contributed by atoms with Crippen LogP contribution in [0.5, 0.6) is 5.75 Å². The first-order valence-corrected chi connectivity index (χ1v) is 4.74. The number of halogens is 1. The van der Waals surface area contributed by atoms with Crippen molar-refractivity contribution in [3.05, 3.63) is 29.8 Å². The minimum absolute atomic E-state index is 0. The van der Waals surface area contributed by atoms with Gasteiger partial charge in [-0.25, -0.2) is 0 Å². The van der Waals surface area contributed by atoms with Crippen molar-refractivity contribution in [2.24, 2.45) is 0 Å². The molecule has 1 aromatic carbocycles. The average molecular weight is 279 g/mol. The lowest BCUT2D eigenvalue weighted by Gasteiger charge is -2.22. The van der Waals surface area contributed by atoms with E-state index in [1.54, 1.807) is 0 Å². The Morgan fingerprint density at radius 2 is 1.64 bits per heavy atom. The number of hydrogen-bond acceptors (Lipinski definition) is 2. The molecular weight excluding hydrogens is 263 g/mol. The summed E-state index contributed by atoms with van der Waals surface area (Å²) in [7, 11) is 0. The molecule has 2 nitrogen and oxygen atoms in total. The average Bonchev–Trinajstić information content (AvgIpc) is 2.09. The van der Waals surface area contributed by atoms with E-state index in [2.05, 4.69) is 16.3 Å². The van der Waals surface area contributed by atoms with E-state index in [0.29, 0.717) is 0 Å². The molecule has 0 spiro atoms. The van der Waals surface area contributed by atoms with E-state index in [-0.39, 0.29) is 9.90 Å². The van der Waals surface area contributed by atoms with Crippen LogP contribution in [0.15, 0.2) is 24.3 Å². The first kappa shape index (κ1) is 13.9. The Balaban J connectivity index is 0.00000169. The second-order valence-corrected chi connectivity index (χ2v) is 3.72. The van der Waals surface area contributed by atoms with Gasteiger partial charge in [-0.2, -0.15) is 9.90 Å². The summed E-state index contributed by atoms with van der Waals surface area (Å²) < 4.78 is 10.5. The predicted molar refractivity (Wildman–Crippen MR) is 67.0 cm³/mol. The Hall–Kier alpha value is -0.110. The SMILES string of the molecule is Cc1ccc(OC(C)(C)OBr)cc1.P. The van der Waals surface area contributed by atoms with Crippen LogP contribution in [0.25, 0.3) is 0 Å². The lowest BCUT2D eigenvalue weighted by molar-refractivity contribution is -0.0593. The van der Waals surface area contributed by atoms with Crippen molar-refractivity contribution in [1.29, 1.82) is 0 Å². The Morgan fingerprint density at radius 3 is 2.07 bits per heavy atom. The van der Waals surface area contributed by atoms with Gasteiger partial charge < -0.3 is 4.74 Å². The molecule has 0 heterocycles. The van der Waals surface area contributed by atoms with Gasteiger partial charge in [-0.15, -0.1) is 0 Å². The van der Waals surface area contributed by atoms with Crippen LogP contribution in [0.2, 0.25) is 0 Å². The number of ether oxygens (including phenoxy) is 1. The predicted octanol–water partition coefficient (Wildman–Crippen LogP) is 3.49. The maximum atomic E-state index is 5.54. The third kappa shape index (κ3) is 4.41. The van der Waals surface area contributed by atoms with Crippen LogP contribution in [0, 0.1) is 6.92 Å². The van der Waals surface area contributed by atoms with Crippen molar-refractivity contribution >= 4 is 26.2 Å². The van der Waals surface area contributed by atoms with Gasteiger partial charge in [0.2, 0.25) is 5.79 Å². The van der Waals surface area contributed by atoms with Gasteiger partial charge in [-0.3, -0.25) is 3.83 Å². The van der Waals surface area contributed by atoms with Crippen LogP contribution >= 0.6 is 26.2 Å². The lowest BCUT2D eigenvalue weighted by Crippen LogP contribution is -2.28. The van der Waals surface area contributed by atoms with Crippen LogP contribution in [-0.2, 0) is 3.83 Å². The Kier molecular flexibility index (Phi) is 5.65. The summed E-state index contributed by atoms with van der Waals surface area (Å²) in [5.74, 6) is 0.157. The minimum Gasteiger partial charge on any atom is -0.462 e. The molecule has 0 radical (unpaired) electrons. The molecule has 1 rings (SSSR count). The lowest BCUT2D eigenvalue weighted by atomic mass is 10.2. The molecule has 0 aliphatic rings. The maximum Gasteiger partial charge on any atom is 0.217 e. The smallest absolute Gasteiger partial charge is 0.217 e. The summed E-state index contributed by atoms with van der Waals surface area (Å²) in [6, 6.07) is 7.84. The molecule has 0 aromatic heterocycles. The van der Waals surface area contributed by atoms with E-state index in [4.69, 9.17) is 8.57 Å². The molecule has 0 fully saturated rings. The van der Waals surface area contributed by atoms with Crippen LogP contribution < -0.4 is 4.74 Å². The highest BCUT2D eigenvalue weighted by Crippen LogP contribution is 2.21. The molecule has 0 saturated heterocycles. The van der Waals surface area contributed by atoms with Crippen LogP contribution in [0.4, 0.5) is 0 Å². The van der Waals surface area contributed by atoms with Crippen molar-refractivity contribution in [2.75, 3.05) is 0 Å². The highest BCUT2D eigenvalue weighted by Gasteiger charge is 2.18. The quantitative estimate of drug-likeness (QED) is 0.623. The second-order valence-electron chi connectivity index (χ2n) is 3.39. The van der Waals surface area contributed by atoms with Gasteiger partial charge in [-0.05, 0) is 19.1 Å². The summed E-state index contributed by atoms with van der Waals surface area (Å²) in [5, 5.41) is 0. The van der Waals surface area contributed by atoms with Gasteiger partial charge >= 0.3 is 0 Å². The van der Waals surface area contributed by atoms with Gasteiger partial charge in [0.25, 0.3) is 0 Å². The molecule has 0 N–H and O–H groups in total. The fourth-order valence-electron chi connectivity index (χ4n) is 0.906. The topological polar surface area (TPSA) is 18.5 Å². The van der Waals surface area contributed by atoms with Gasteiger partial charge in [-0.1, -0.05) is 17.7 Å².